The number of aliphatic hydroxyl groups excluding tert-OH is 1. The van der Waals surface area contributed by atoms with E-state index in [4.69, 9.17) is 15.9 Å². The minimum Gasteiger partial charge on any atom is -0.508 e. The van der Waals surface area contributed by atoms with Gasteiger partial charge in [-0.15, -0.1) is 24.6 Å². The molecule has 1 amide bonds. The Labute approximate surface area is 547 Å². The molecule has 8 rings (SSSR count). The number of hydrogen-bond donors (Lipinski definition) is 12. The SMILES string of the molecule is [CH2-]CC(N)CS/C=C1\CC[N+]2=C(N1)NC(CO)CC2.[CH2-]CC(N)CSC[C@H]1CC[N+]2=C(NC(CSC[C@H]([NH3+])C[CH2-])CC2)N1.[CH2-]C[C@@H]([NH3+])CSCCNC(=O)c1ccc(C(=O)O)c(-c2c3ccc(=O)cc-3oc3cc(O)ccc23)c1.[CH3-].[Na+].[Na+]. The Balaban J connectivity index is 0.000000335. The number of nitrogens with zero attached hydrogens (tertiary/aromatic N) is 2. The number of aliphatic hydroxyl groups is 1. The second-order valence-electron chi connectivity index (χ2n) is 20.3. The van der Waals surface area contributed by atoms with Gasteiger partial charge >= 0.3 is 77.0 Å². The second kappa shape index (κ2) is 38.5. The van der Waals surface area contributed by atoms with Crippen LogP contribution in [0.2, 0.25) is 0 Å². The van der Waals surface area contributed by atoms with E-state index in [1.165, 1.54) is 67.0 Å². The summed E-state index contributed by atoms with van der Waals surface area (Å²) in [5, 5.41) is 48.9. The van der Waals surface area contributed by atoms with Crippen LogP contribution in [0.3, 0.4) is 0 Å². The predicted octanol–water partition coefficient (Wildman–Crippen LogP) is -2.52. The summed E-state index contributed by atoms with van der Waals surface area (Å²) in [5.74, 6) is 7.86. The zero-order valence-corrected chi connectivity index (χ0v) is 55.8. The number of carboxylic acid groups (broad SMARTS) is 1. The summed E-state index contributed by atoms with van der Waals surface area (Å²) >= 11 is 7.37. The second-order valence-corrected chi connectivity index (χ2v) is 24.5. The van der Waals surface area contributed by atoms with Gasteiger partial charge in [-0.1, -0.05) is 0 Å². The van der Waals surface area contributed by atoms with E-state index in [-0.39, 0.29) is 131 Å². The topological polar surface area (TPSA) is 299 Å². The van der Waals surface area contributed by atoms with E-state index in [0.717, 1.165) is 105 Å². The van der Waals surface area contributed by atoms with Gasteiger partial charge in [0.15, 0.2) is 5.43 Å². The van der Waals surface area contributed by atoms with Crippen LogP contribution in [-0.4, -0.2) is 170 Å². The van der Waals surface area contributed by atoms with Gasteiger partial charge in [0, 0.05) is 112 Å². The molecule has 82 heavy (non-hydrogen) atoms. The fourth-order valence-electron chi connectivity index (χ4n) is 8.94. The summed E-state index contributed by atoms with van der Waals surface area (Å²) in [6.45, 7) is 20.4. The summed E-state index contributed by atoms with van der Waals surface area (Å²) in [7, 11) is 0. The molecule has 24 heteroatoms. The van der Waals surface area contributed by atoms with E-state index in [2.05, 4.69) is 80.3 Å². The number of aromatic carboxylic acids is 1. The number of phenols is 1. The number of benzene rings is 3. The van der Waals surface area contributed by atoms with Crippen molar-refractivity contribution in [3.05, 3.63) is 122 Å². The summed E-state index contributed by atoms with van der Waals surface area (Å²) in [6, 6.07) is 15.6. The average Bonchev–Trinajstić information content (AvgIpc) is 3.59. The fourth-order valence-corrected chi connectivity index (χ4v) is 13.1. The molecule has 442 valence electrons. The Morgan fingerprint density at radius 1 is 0.768 bits per heavy atom. The Morgan fingerprint density at radius 3 is 2.01 bits per heavy atom. The van der Waals surface area contributed by atoms with Crippen LogP contribution in [0.15, 0.2) is 74.9 Å². The first-order valence-electron chi connectivity index (χ1n) is 27.3. The molecule has 18 nitrogen and oxygen atoms in total. The van der Waals surface area contributed by atoms with Gasteiger partial charge < -0.3 is 83.1 Å². The van der Waals surface area contributed by atoms with Gasteiger partial charge in [-0.05, 0) is 60.1 Å². The first kappa shape index (κ1) is 73.6. The van der Waals surface area contributed by atoms with Crippen molar-refractivity contribution in [2.24, 2.45) is 11.5 Å². The summed E-state index contributed by atoms with van der Waals surface area (Å²) in [5.41, 5.74) is 22.7. The molecule has 5 aliphatic heterocycles. The third kappa shape index (κ3) is 22.9. The smallest absolute Gasteiger partial charge is 0.508 e. The molecule has 0 saturated carbocycles. The number of amides is 1. The number of rotatable bonds is 24. The summed E-state index contributed by atoms with van der Waals surface area (Å²) in [4.78, 5) is 37.0. The quantitative estimate of drug-likeness (QED) is 0.0113. The van der Waals surface area contributed by atoms with Crippen LogP contribution in [0, 0.1) is 35.1 Å². The zero-order valence-electron chi connectivity index (χ0n) is 48.6. The number of hydrogen-bond acceptors (Lipinski definition) is 16. The molecular formula is C58H88N11Na2O7S4+. The molecule has 18 N–H and O–H groups in total. The monoisotopic (exact) mass is 1220 g/mol. The van der Waals surface area contributed by atoms with Gasteiger partial charge in [0.25, 0.3) is 5.91 Å². The number of aromatic hydroxyl groups is 1. The molecule has 0 aromatic heterocycles. The number of carbonyl (C=O) groups is 2. The molecule has 0 bridgehead atoms. The van der Waals surface area contributed by atoms with E-state index >= 15 is 0 Å². The minimum absolute atomic E-state index is 0. The maximum atomic E-state index is 12.9. The number of nitrogens with two attached hydrogens (primary N) is 2. The molecule has 0 spiro atoms. The van der Waals surface area contributed by atoms with Crippen LogP contribution in [0.4, 0.5) is 0 Å². The molecule has 0 radical (unpaired) electrons. The van der Waals surface area contributed by atoms with Crippen LogP contribution in [0.1, 0.15) is 72.1 Å². The van der Waals surface area contributed by atoms with Crippen molar-refractivity contribution in [2.75, 3.05) is 79.6 Å². The number of phenolic OH excluding ortho intramolecular Hbond substituents is 1. The third-order valence-electron chi connectivity index (χ3n) is 13.8. The molecule has 7 atom stereocenters. The maximum Gasteiger partial charge on any atom is 1.00 e. The molecule has 0 fully saturated rings. The maximum absolute atomic E-state index is 12.9. The Hall–Kier alpha value is -2.65. The molecule has 5 heterocycles. The number of carboxylic acids is 1. The number of thioether (sulfide) groups is 4. The number of quaternary nitrogens is 2. The van der Waals surface area contributed by atoms with E-state index in [0.29, 0.717) is 58.1 Å². The van der Waals surface area contributed by atoms with Crippen molar-refractivity contribution in [2.45, 2.75) is 93.7 Å². The van der Waals surface area contributed by atoms with Crippen LogP contribution in [0.25, 0.3) is 33.4 Å². The van der Waals surface area contributed by atoms with Gasteiger partial charge in [0.2, 0.25) is 0 Å². The molecule has 2 aromatic rings. The van der Waals surface area contributed by atoms with Crippen molar-refractivity contribution in [1.82, 2.24) is 26.6 Å². The van der Waals surface area contributed by atoms with Crippen LogP contribution in [0.5, 0.6) is 5.75 Å². The fraction of sp³-hybridized carbons (Fsp3) is 0.483. The summed E-state index contributed by atoms with van der Waals surface area (Å²) in [6.07, 6.45) is 7.73. The van der Waals surface area contributed by atoms with Crippen molar-refractivity contribution >= 4 is 81.8 Å². The van der Waals surface area contributed by atoms with E-state index in [9.17, 15) is 29.7 Å². The molecular weight excluding hydrogens is 1140 g/mol. The van der Waals surface area contributed by atoms with Gasteiger partial charge in [-0.25, -0.2) is 10.1 Å². The number of fused-ring (bicyclic) bond motifs is 2. The Kier molecular flexibility index (Phi) is 34.6. The van der Waals surface area contributed by atoms with Gasteiger partial charge in [0.05, 0.1) is 68.2 Å². The average molecular weight is 1230 g/mol. The van der Waals surface area contributed by atoms with Crippen LogP contribution < -0.4 is 114 Å². The Bertz CT molecular complexity index is 2720. The van der Waals surface area contributed by atoms with E-state index < -0.39 is 5.97 Å². The van der Waals surface area contributed by atoms with Crippen molar-refractivity contribution < 1.29 is 109 Å². The molecule has 1 aliphatic carbocycles. The largest absolute Gasteiger partial charge is 1.00 e. The van der Waals surface area contributed by atoms with Gasteiger partial charge in [-0.3, -0.25) is 34.7 Å². The van der Waals surface area contributed by atoms with Crippen molar-refractivity contribution in [1.29, 1.82) is 0 Å². The van der Waals surface area contributed by atoms with Crippen LogP contribution in [-0.2, 0) is 0 Å². The normalized spacial score (nSPS) is 19.2. The predicted molar refractivity (Wildman–Crippen MR) is 333 cm³/mol. The first-order valence-corrected chi connectivity index (χ1v) is 31.8. The minimum atomic E-state index is -1.16. The first-order chi connectivity index (χ1) is 38.1. The Morgan fingerprint density at radius 2 is 1.38 bits per heavy atom. The van der Waals surface area contributed by atoms with E-state index in [1.54, 1.807) is 35.7 Å². The number of nitrogens with one attached hydrogen (secondary N) is 5. The third-order valence-corrected chi connectivity index (χ3v) is 18.7. The zero-order chi connectivity index (χ0) is 56.8. The molecule has 4 unspecified atom stereocenters. The van der Waals surface area contributed by atoms with Crippen molar-refractivity contribution in [3.63, 3.8) is 0 Å². The standard InChI is InChI=1S/C27H25N2O6S.C17H33N5S2.C13H23N4OS.CH3.2Na/c1-2-16(28)14-36-10-9-29-26(32)15-3-6-19(27(33)34)22(11-15)25-20-7-4-17(30)12-23(20)35-24-13-18(31)5-8-21(24)25;1-3-13(18)9-23-11-15-5-7-22-8-6-16(21-17(22)20-15)12-24-10-14(19)4-2;1-2-10(14)8-19-9-12-4-6-17-5-3-11(7-18)15-13(17)16-12;;;/h3-8,11-13,16,30H,1-2,9-10,14,28H2,(H,29,32)(H,33,34);13-16H,1-12,18-19H2,(H,20,21);9-11,18H,1-8,14H2,(H,15,16);1H3;;/q-1;-2;2*-1;2*+1/p+4/b;;12-9+;;;/t16-;13-,14?,15?,16-;;;;/m11..../s1. The van der Waals surface area contributed by atoms with Gasteiger partial charge in [-0.2, -0.15) is 48.1 Å². The molecule has 6 aliphatic rings. The number of carbonyl (C=O) groups excluding carboxylic acids is 1. The van der Waals surface area contributed by atoms with Crippen LogP contribution >= 0.6 is 47.0 Å². The van der Waals surface area contributed by atoms with Crippen molar-refractivity contribution in [3.8, 4) is 28.2 Å². The van der Waals surface area contributed by atoms with E-state index in [1.807, 2.05) is 23.5 Å². The molecule has 0 saturated heterocycles. The van der Waals surface area contributed by atoms with Gasteiger partial charge in [0.1, 0.15) is 23.1 Å². The molecule has 2 aromatic carbocycles. The summed E-state index contributed by atoms with van der Waals surface area (Å²) < 4.78 is 10.6. The number of guanidine groups is 2.